The number of esters is 2. The Hall–Kier alpha value is -1.10. The van der Waals surface area contributed by atoms with E-state index in [1.807, 2.05) is 0 Å². The number of carbonyl (C=O) groups is 2. The zero-order chi connectivity index (χ0) is 12.1. The third-order valence-corrected chi connectivity index (χ3v) is 1.37. The van der Waals surface area contributed by atoms with E-state index in [1.165, 1.54) is 6.92 Å². The van der Waals surface area contributed by atoms with Crippen LogP contribution in [0.1, 0.15) is 34.1 Å². The molecule has 0 aliphatic heterocycles. The van der Waals surface area contributed by atoms with Gasteiger partial charge >= 0.3 is 11.9 Å². The highest BCUT2D eigenvalue weighted by molar-refractivity contribution is 5.78. The van der Waals surface area contributed by atoms with Gasteiger partial charge < -0.3 is 14.6 Å². The molecule has 15 heavy (non-hydrogen) atoms. The summed E-state index contributed by atoms with van der Waals surface area (Å²) in [4.78, 5) is 22.2. The lowest BCUT2D eigenvalue weighted by molar-refractivity contribution is -0.175. The summed E-state index contributed by atoms with van der Waals surface area (Å²) in [5, 5.41) is 8.70. The minimum absolute atomic E-state index is 0.0501. The number of hydrogen-bond acceptors (Lipinski definition) is 5. The number of hydrogen-bond donors (Lipinski definition) is 1. The molecule has 0 amide bonds. The molecule has 5 heteroatoms. The molecular formula is C10H18O5. The highest BCUT2D eigenvalue weighted by Crippen LogP contribution is 2.11. The van der Waals surface area contributed by atoms with Crippen LogP contribution in [0.25, 0.3) is 0 Å². The van der Waals surface area contributed by atoms with Crippen molar-refractivity contribution in [1.29, 1.82) is 0 Å². The summed E-state index contributed by atoms with van der Waals surface area (Å²) in [5.41, 5.74) is -0.634. The normalized spacial score (nSPS) is 13.1. The Balaban J connectivity index is 4.35. The first-order chi connectivity index (χ1) is 6.76. The third-order valence-electron chi connectivity index (χ3n) is 1.37. The van der Waals surface area contributed by atoms with Crippen molar-refractivity contribution in [2.24, 2.45) is 0 Å². The van der Waals surface area contributed by atoms with Crippen molar-refractivity contribution < 1.29 is 24.2 Å². The average Bonchev–Trinajstić information content (AvgIpc) is 1.99. The minimum atomic E-state index is -1.02. The highest BCUT2D eigenvalue weighted by atomic mass is 16.6. The van der Waals surface area contributed by atoms with Gasteiger partial charge in [-0.05, 0) is 20.8 Å². The predicted molar refractivity (Wildman–Crippen MR) is 53.1 cm³/mol. The summed E-state index contributed by atoms with van der Waals surface area (Å²) in [7, 11) is 0. The van der Waals surface area contributed by atoms with Gasteiger partial charge in [-0.3, -0.25) is 4.79 Å². The second kappa shape index (κ2) is 5.70. The van der Waals surface area contributed by atoms with Gasteiger partial charge in [-0.1, -0.05) is 0 Å². The Morgan fingerprint density at radius 1 is 1.33 bits per heavy atom. The molecule has 0 radical (unpaired) electrons. The second-order valence-corrected chi connectivity index (χ2v) is 4.14. The smallest absolute Gasteiger partial charge is 0.348 e. The number of carbonyl (C=O) groups excluding carboxylic acids is 2. The molecule has 0 heterocycles. The van der Waals surface area contributed by atoms with E-state index in [0.717, 1.165) is 0 Å². The van der Waals surface area contributed by atoms with Crippen LogP contribution < -0.4 is 0 Å². The lowest BCUT2D eigenvalue weighted by atomic mass is 10.2. The number of aliphatic hydroxyl groups excluding tert-OH is 1. The van der Waals surface area contributed by atoms with Crippen molar-refractivity contribution in [3.63, 3.8) is 0 Å². The molecule has 1 unspecified atom stereocenters. The van der Waals surface area contributed by atoms with Gasteiger partial charge in [-0.15, -0.1) is 0 Å². The van der Waals surface area contributed by atoms with E-state index in [-0.39, 0.29) is 13.0 Å². The van der Waals surface area contributed by atoms with Crippen LogP contribution in [0.5, 0.6) is 0 Å². The molecule has 0 fully saturated rings. The maximum atomic E-state index is 11.5. The zero-order valence-electron chi connectivity index (χ0n) is 9.57. The largest absolute Gasteiger partial charge is 0.457 e. The van der Waals surface area contributed by atoms with Crippen LogP contribution in [0, 0.1) is 0 Å². The third kappa shape index (κ3) is 6.90. The topological polar surface area (TPSA) is 72.8 Å². The molecule has 5 nitrogen and oxygen atoms in total. The van der Waals surface area contributed by atoms with E-state index in [0.29, 0.717) is 0 Å². The van der Waals surface area contributed by atoms with Gasteiger partial charge in [0.15, 0.2) is 0 Å². The first kappa shape index (κ1) is 13.9. The van der Waals surface area contributed by atoms with Gasteiger partial charge in [0.05, 0.1) is 0 Å². The first-order valence-electron chi connectivity index (χ1n) is 4.77. The van der Waals surface area contributed by atoms with Crippen molar-refractivity contribution in [2.45, 2.75) is 45.8 Å². The molecule has 0 aromatic rings. The van der Waals surface area contributed by atoms with Crippen LogP contribution in [0.3, 0.4) is 0 Å². The summed E-state index contributed by atoms with van der Waals surface area (Å²) >= 11 is 0. The van der Waals surface area contributed by atoms with Gasteiger partial charge in [0.1, 0.15) is 5.60 Å². The Kier molecular flexibility index (Phi) is 5.28. The molecule has 1 atom stereocenters. The number of rotatable bonds is 4. The summed E-state index contributed by atoms with van der Waals surface area (Å²) in [5.74, 6) is -1.20. The predicted octanol–water partition coefficient (Wildman–Crippen LogP) is 0.642. The summed E-state index contributed by atoms with van der Waals surface area (Å²) in [6.45, 7) is 6.12. The Bertz CT molecular complexity index is 228. The second-order valence-electron chi connectivity index (χ2n) is 4.14. The van der Waals surface area contributed by atoms with Crippen LogP contribution in [-0.2, 0) is 19.1 Å². The molecule has 0 aliphatic carbocycles. The monoisotopic (exact) mass is 218 g/mol. The van der Waals surface area contributed by atoms with E-state index in [4.69, 9.17) is 14.6 Å². The molecule has 0 aromatic heterocycles. The number of aliphatic hydroxyl groups is 1. The number of ether oxygens (including phenoxy) is 2. The molecule has 0 spiro atoms. The maximum absolute atomic E-state index is 11.5. The van der Waals surface area contributed by atoms with Crippen LogP contribution in [-0.4, -0.2) is 35.4 Å². The standard InChI is InChI=1S/C10H18O5/c1-7(12)14-8(5-6-11)9(13)15-10(2,3)4/h8,11H,5-6H2,1-4H3. The lowest BCUT2D eigenvalue weighted by Gasteiger charge is -2.23. The Morgan fingerprint density at radius 2 is 1.87 bits per heavy atom. The SMILES string of the molecule is CC(=O)OC(CCO)C(=O)OC(C)(C)C. The van der Waals surface area contributed by atoms with Crippen molar-refractivity contribution in [3.8, 4) is 0 Å². The highest BCUT2D eigenvalue weighted by Gasteiger charge is 2.26. The van der Waals surface area contributed by atoms with Crippen molar-refractivity contribution in [1.82, 2.24) is 0 Å². The van der Waals surface area contributed by atoms with Crippen LogP contribution in [0.15, 0.2) is 0 Å². The van der Waals surface area contributed by atoms with E-state index < -0.39 is 23.6 Å². The van der Waals surface area contributed by atoms with E-state index in [9.17, 15) is 9.59 Å². The van der Waals surface area contributed by atoms with Gasteiger partial charge in [-0.25, -0.2) is 4.79 Å². The molecular weight excluding hydrogens is 200 g/mol. The van der Waals surface area contributed by atoms with Gasteiger partial charge in [0.25, 0.3) is 0 Å². The molecule has 88 valence electrons. The fourth-order valence-corrected chi connectivity index (χ4v) is 0.910. The fraction of sp³-hybridized carbons (Fsp3) is 0.800. The summed E-state index contributed by atoms with van der Waals surface area (Å²) < 4.78 is 9.75. The molecule has 0 aliphatic rings. The molecule has 0 saturated heterocycles. The van der Waals surface area contributed by atoms with E-state index in [1.54, 1.807) is 20.8 Å². The molecule has 1 N–H and O–H groups in total. The molecule has 0 bridgehead atoms. The fourth-order valence-electron chi connectivity index (χ4n) is 0.910. The Labute approximate surface area is 89.4 Å². The summed E-state index contributed by atoms with van der Waals surface area (Å²) in [6, 6.07) is 0. The first-order valence-corrected chi connectivity index (χ1v) is 4.77. The van der Waals surface area contributed by atoms with E-state index >= 15 is 0 Å². The lowest BCUT2D eigenvalue weighted by Crippen LogP contribution is -2.35. The van der Waals surface area contributed by atoms with E-state index in [2.05, 4.69) is 0 Å². The molecule has 0 aromatic carbocycles. The van der Waals surface area contributed by atoms with Gasteiger partial charge in [-0.2, -0.15) is 0 Å². The molecule has 0 saturated carbocycles. The molecule has 0 rings (SSSR count). The van der Waals surface area contributed by atoms with Crippen LogP contribution in [0.2, 0.25) is 0 Å². The van der Waals surface area contributed by atoms with Crippen molar-refractivity contribution in [2.75, 3.05) is 6.61 Å². The average molecular weight is 218 g/mol. The van der Waals surface area contributed by atoms with Gasteiger partial charge in [0, 0.05) is 20.0 Å². The van der Waals surface area contributed by atoms with Crippen LogP contribution >= 0.6 is 0 Å². The van der Waals surface area contributed by atoms with Crippen molar-refractivity contribution in [3.05, 3.63) is 0 Å². The quantitative estimate of drug-likeness (QED) is 0.701. The van der Waals surface area contributed by atoms with Gasteiger partial charge in [0.2, 0.25) is 6.10 Å². The summed E-state index contributed by atoms with van der Waals surface area (Å²) in [6.07, 6.45) is -0.971. The van der Waals surface area contributed by atoms with Crippen molar-refractivity contribution >= 4 is 11.9 Å². The zero-order valence-corrected chi connectivity index (χ0v) is 9.57. The Morgan fingerprint density at radius 3 is 2.20 bits per heavy atom. The minimum Gasteiger partial charge on any atom is -0.457 e. The maximum Gasteiger partial charge on any atom is 0.348 e. The van der Waals surface area contributed by atoms with Crippen LogP contribution in [0.4, 0.5) is 0 Å².